The van der Waals surface area contributed by atoms with Crippen LogP contribution >= 0.6 is 0 Å². The molecule has 2 aromatic rings. The van der Waals surface area contributed by atoms with Gasteiger partial charge in [-0.1, -0.05) is 0 Å². The van der Waals surface area contributed by atoms with Gasteiger partial charge in [-0.15, -0.1) is 0 Å². The first-order chi connectivity index (χ1) is 8.15. The van der Waals surface area contributed by atoms with Crippen LogP contribution in [0.15, 0.2) is 42.6 Å². The van der Waals surface area contributed by atoms with Crippen LogP contribution in [0.25, 0.3) is 0 Å². The summed E-state index contributed by atoms with van der Waals surface area (Å²) in [4.78, 5) is 14.8. The molecule has 0 unspecified atom stereocenters. The van der Waals surface area contributed by atoms with Crippen molar-refractivity contribution in [1.82, 2.24) is 4.98 Å². The molecule has 0 saturated carbocycles. The molecule has 17 heavy (non-hydrogen) atoms. The molecule has 1 heterocycles. The third-order valence-corrected chi connectivity index (χ3v) is 2.15. The summed E-state index contributed by atoms with van der Waals surface area (Å²) < 4.78 is 0. The maximum absolute atomic E-state index is 10.8. The zero-order valence-corrected chi connectivity index (χ0v) is 8.79. The first-order valence-electron chi connectivity index (χ1n) is 4.90. The maximum Gasteiger partial charge on any atom is 0.335 e. The summed E-state index contributed by atoms with van der Waals surface area (Å²) in [6.45, 7) is 0. The number of aromatic nitrogens is 1. The van der Waals surface area contributed by atoms with E-state index < -0.39 is 5.97 Å². The average Bonchev–Trinajstić information content (AvgIpc) is 2.32. The Bertz CT molecular complexity index is 538. The third-order valence-electron chi connectivity index (χ3n) is 2.15. The predicted molar refractivity (Wildman–Crippen MR) is 62.6 cm³/mol. The number of nitrogens with one attached hydrogen (secondary N) is 1. The first kappa shape index (κ1) is 10.9. The fourth-order valence-corrected chi connectivity index (χ4v) is 1.32. The number of aromatic carboxylic acids is 1. The van der Waals surface area contributed by atoms with Crippen LogP contribution in [0.2, 0.25) is 0 Å². The second-order valence-corrected chi connectivity index (χ2v) is 3.41. The van der Waals surface area contributed by atoms with E-state index in [-0.39, 0.29) is 11.3 Å². The number of rotatable bonds is 3. The van der Waals surface area contributed by atoms with Crippen molar-refractivity contribution in [3.63, 3.8) is 0 Å². The van der Waals surface area contributed by atoms with Crippen LogP contribution in [0.4, 0.5) is 11.5 Å². The molecule has 86 valence electrons. The number of benzene rings is 1. The van der Waals surface area contributed by atoms with E-state index in [9.17, 15) is 4.79 Å². The minimum Gasteiger partial charge on any atom is -0.508 e. The lowest BCUT2D eigenvalue weighted by molar-refractivity contribution is 0.0697. The average molecular weight is 230 g/mol. The lowest BCUT2D eigenvalue weighted by atomic mass is 10.2. The number of carboxylic acid groups (broad SMARTS) is 1. The molecule has 0 aliphatic carbocycles. The lowest BCUT2D eigenvalue weighted by Crippen LogP contribution is -1.99. The van der Waals surface area contributed by atoms with Crippen LogP contribution in [0.1, 0.15) is 10.4 Å². The lowest BCUT2D eigenvalue weighted by Gasteiger charge is -2.05. The van der Waals surface area contributed by atoms with E-state index in [0.29, 0.717) is 5.82 Å². The smallest absolute Gasteiger partial charge is 0.335 e. The minimum absolute atomic E-state index is 0.168. The molecule has 0 amide bonds. The Morgan fingerprint density at radius 2 is 1.88 bits per heavy atom. The van der Waals surface area contributed by atoms with E-state index in [4.69, 9.17) is 10.2 Å². The zero-order valence-electron chi connectivity index (χ0n) is 8.79. The van der Waals surface area contributed by atoms with Crippen molar-refractivity contribution >= 4 is 17.5 Å². The fraction of sp³-hybridized carbons (Fsp3) is 0. The van der Waals surface area contributed by atoms with Gasteiger partial charge in [0.25, 0.3) is 0 Å². The molecule has 0 saturated heterocycles. The Morgan fingerprint density at radius 1 is 1.18 bits per heavy atom. The predicted octanol–water partition coefficient (Wildman–Crippen LogP) is 2.23. The Labute approximate surface area is 97.4 Å². The summed E-state index contributed by atoms with van der Waals surface area (Å²) in [5, 5.41) is 20.9. The van der Waals surface area contributed by atoms with Crippen LogP contribution in [0, 0.1) is 0 Å². The minimum atomic E-state index is -0.999. The van der Waals surface area contributed by atoms with Crippen molar-refractivity contribution in [2.45, 2.75) is 0 Å². The summed E-state index contributed by atoms with van der Waals surface area (Å²) in [5.41, 5.74) is 0.888. The van der Waals surface area contributed by atoms with Gasteiger partial charge in [0.15, 0.2) is 0 Å². The number of pyridine rings is 1. The monoisotopic (exact) mass is 230 g/mol. The summed E-state index contributed by atoms with van der Waals surface area (Å²) in [6, 6.07) is 9.27. The van der Waals surface area contributed by atoms with Crippen molar-refractivity contribution in [2.75, 3.05) is 5.32 Å². The topological polar surface area (TPSA) is 82.5 Å². The summed E-state index contributed by atoms with van der Waals surface area (Å²) in [7, 11) is 0. The van der Waals surface area contributed by atoms with Gasteiger partial charge in [-0.25, -0.2) is 9.78 Å². The van der Waals surface area contributed by atoms with Crippen LogP contribution < -0.4 is 5.32 Å². The number of anilines is 2. The van der Waals surface area contributed by atoms with Gasteiger partial charge in [-0.05, 0) is 36.4 Å². The molecular formula is C12H10N2O3. The molecule has 5 heteroatoms. The molecule has 1 aromatic carbocycles. The number of aromatic hydroxyl groups is 1. The Kier molecular flexibility index (Phi) is 2.91. The largest absolute Gasteiger partial charge is 0.508 e. The number of phenolic OH excluding ortho intramolecular Hbond substituents is 1. The Hall–Kier alpha value is -2.56. The highest BCUT2D eigenvalue weighted by Gasteiger charge is 2.04. The van der Waals surface area contributed by atoms with E-state index in [0.717, 1.165) is 5.69 Å². The van der Waals surface area contributed by atoms with Crippen LogP contribution in [-0.4, -0.2) is 21.2 Å². The van der Waals surface area contributed by atoms with E-state index in [1.54, 1.807) is 12.1 Å². The van der Waals surface area contributed by atoms with Crippen molar-refractivity contribution in [3.8, 4) is 5.75 Å². The highest BCUT2D eigenvalue weighted by atomic mass is 16.4. The van der Waals surface area contributed by atoms with Gasteiger partial charge in [0.1, 0.15) is 11.6 Å². The summed E-state index contributed by atoms with van der Waals surface area (Å²) in [5.74, 6) is -0.389. The molecule has 0 aliphatic heterocycles. The summed E-state index contributed by atoms with van der Waals surface area (Å²) in [6.07, 6.45) is 1.42. The number of hydrogen-bond donors (Lipinski definition) is 3. The first-order valence-corrected chi connectivity index (χ1v) is 4.90. The molecule has 2 rings (SSSR count). The fourth-order valence-electron chi connectivity index (χ4n) is 1.32. The van der Waals surface area contributed by atoms with Gasteiger partial charge in [-0.2, -0.15) is 0 Å². The van der Waals surface area contributed by atoms with Gasteiger partial charge in [0, 0.05) is 11.9 Å². The van der Waals surface area contributed by atoms with Crippen LogP contribution in [-0.2, 0) is 0 Å². The molecule has 0 spiro atoms. The second kappa shape index (κ2) is 4.52. The van der Waals surface area contributed by atoms with Crippen molar-refractivity contribution in [1.29, 1.82) is 0 Å². The molecule has 0 aliphatic rings. The number of carbonyl (C=O) groups is 1. The van der Waals surface area contributed by atoms with Gasteiger partial charge in [-0.3, -0.25) is 0 Å². The van der Waals surface area contributed by atoms with E-state index in [1.807, 2.05) is 0 Å². The second-order valence-electron chi connectivity index (χ2n) is 3.41. The number of carboxylic acids is 1. The SMILES string of the molecule is O=C(O)c1ccnc(Nc2ccc(O)cc2)c1. The van der Waals surface area contributed by atoms with Crippen LogP contribution in [0.5, 0.6) is 5.75 Å². The molecule has 3 N–H and O–H groups in total. The van der Waals surface area contributed by atoms with Gasteiger partial charge >= 0.3 is 5.97 Å². The molecule has 0 bridgehead atoms. The highest BCUT2D eigenvalue weighted by molar-refractivity contribution is 5.88. The zero-order chi connectivity index (χ0) is 12.3. The number of hydrogen-bond acceptors (Lipinski definition) is 4. The molecule has 0 atom stereocenters. The van der Waals surface area contributed by atoms with Crippen molar-refractivity contribution in [3.05, 3.63) is 48.2 Å². The van der Waals surface area contributed by atoms with E-state index in [2.05, 4.69) is 10.3 Å². The van der Waals surface area contributed by atoms with Crippen molar-refractivity contribution < 1.29 is 15.0 Å². The standard InChI is InChI=1S/C12H10N2O3/c15-10-3-1-9(2-4-10)14-11-7-8(12(16)17)5-6-13-11/h1-7,15H,(H,13,14)(H,16,17). The molecule has 1 aromatic heterocycles. The van der Waals surface area contributed by atoms with Gasteiger partial charge in [0.2, 0.25) is 0 Å². The third kappa shape index (κ3) is 2.72. The summed E-state index contributed by atoms with van der Waals surface area (Å²) >= 11 is 0. The van der Waals surface area contributed by atoms with Gasteiger partial charge in [0.05, 0.1) is 5.56 Å². The van der Waals surface area contributed by atoms with E-state index >= 15 is 0 Å². The molecule has 0 radical (unpaired) electrons. The highest BCUT2D eigenvalue weighted by Crippen LogP contribution is 2.18. The van der Waals surface area contributed by atoms with Crippen LogP contribution in [0.3, 0.4) is 0 Å². The van der Waals surface area contributed by atoms with E-state index in [1.165, 1.54) is 30.5 Å². The Balaban J connectivity index is 2.21. The number of phenols is 1. The quantitative estimate of drug-likeness (QED) is 0.704. The normalized spacial score (nSPS) is 9.88. The Morgan fingerprint density at radius 3 is 2.53 bits per heavy atom. The molecule has 5 nitrogen and oxygen atoms in total. The maximum atomic E-state index is 10.8. The van der Waals surface area contributed by atoms with Crippen molar-refractivity contribution in [2.24, 2.45) is 0 Å². The molecule has 0 fully saturated rings. The molecular weight excluding hydrogens is 220 g/mol. The number of nitrogens with zero attached hydrogens (tertiary/aromatic N) is 1. The van der Waals surface area contributed by atoms with Gasteiger partial charge < -0.3 is 15.5 Å².